The maximum absolute atomic E-state index is 13.5. The molecule has 1 aliphatic rings. The molecule has 2 atom stereocenters. The minimum Gasteiger partial charge on any atom is -0.404 e. The monoisotopic (exact) mass is 541 g/mol. The van der Waals surface area contributed by atoms with E-state index < -0.39 is 61.4 Å². The molecule has 0 unspecified atom stereocenters. The summed E-state index contributed by atoms with van der Waals surface area (Å²) in [5, 5.41) is 7.67. The van der Waals surface area contributed by atoms with Crippen LogP contribution in [-0.4, -0.2) is 50.9 Å². The molecule has 0 radical (unpaired) electrons. The first kappa shape index (κ1) is 29.7. The van der Waals surface area contributed by atoms with Crippen molar-refractivity contribution in [2.45, 2.75) is 69.5 Å². The molecule has 0 spiro atoms. The molecule has 1 fully saturated rings. The van der Waals surface area contributed by atoms with Gasteiger partial charge < -0.3 is 31.9 Å². The lowest BCUT2D eigenvalue weighted by atomic mass is 9.87. The lowest BCUT2D eigenvalue weighted by Gasteiger charge is -2.35. The number of hydrogen-bond acceptors (Lipinski definition) is 7. The SMILES string of the molecule is CC(=O)N[C@H](C(=O)NC1(C(=O)N[C@@H](CC(N)=O)C(N)=O)CCCCCC1)c1ccc(OP(=O)(O)O)cc1. The average molecular weight is 541 g/mol. The molecule has 0 saturated heterocycles. The van der Waals surface area contributed by atoms with Crippen LogP contribution < -0.4 is 31.9 Å². The van der Waals surface area contributed by atoms with Gasteiger partial charge in [-0.05, 0) is 30.5 Å². The highest BCUT2D eigenvalue weighted by Gasteiger charge is 2.43. The Hall–Kier alpha value is -3.48. The van der Waals surface area contributed by atoms with Crippen LogP contribution in [0.1, 0.15) is 63.5 Å². The molecule has 14 nitrogen and oxygen atoms in total. The number of rotatable bonds is 11. The lowest BCUT2D eigenvalue weighted by Crippen LogP contribution is -2.63. The summed E-state index contributed by atoms with van der Waals surface area (Å²) in [7, 11) is -4.80. The molecule has 0 aliphatic heterocycles. The summed E-state index contributed by atoms with van der Waals surface area (Å²) in [4.78, 5) is 79.8. The molecular weight excluding hydrogens is 509 g/mol. The van der Waals surface area contributed by atoms with Crippen LogP contribution in [0.4, 0.5) is 0 Å². The zero-order valence-corrected chi connectivity index (χ0v) is 21.2. The van der Waals surface area contributed by atoms with Gasteiger partial charge in [-0.15, -0.1) is 0 Å². The maximum atomic E-state index is 13.5. The molecule has 204 valence electrons. The van der Waals surface area contributed by atoms with Gasteiger partial charge in [0.15, 0.2) is 0 Å². The van der Waals surface area contributed by atoms with Crippen molar-refractivity contribution >= 4 is 37.4 Å². The number of phosphoric ester groups is 1. The van der Waals surface area contributed by atoms with Gasteiger partial charge in [0.2, 0.25) is 29.5 Å². The van der Waals surface area contributed by atoms with E-state index in [9.17, 15) is 28.5 Å². The number of nitrogens with two attached hydrogens (primary N) is 2. The quantitative estimate of drug-likeness (QED) is 0.139. The number of amides is 5. The van der Waals surface area contributed by atoms with Crippen molar-refractivity contribution in [1.82, 2.24) is 16.0 Å². The van der Waals surface area contributed by atoms with E-state index in [0.29, 0.717) is 12.8 Å². The van der Waals surface area contributed by atoms with Crippen LogP contribution in [0.3, 0.4) is 0 Å². The molecule has 15 heteroatoms. The van der Waals surface area contributed by atoms with Crippen LogP contribution >= 0.6 is 7.82 Å². The number of nitrogens with one attached hydrogen (secondary N) is 3. The fourth-order valence-corrected chi connectivity index (χ4v) is 4.53. The highest BCUT2D eigenvalue weighted by atomic mass is 31.2. The Bertz CT molecular complexity index is 1060. The van der Waals surface area contributed by atoms with E-state index >= 15 is 0 Å². The first-order chi connectivity index (χ1) is 17.2. The second kappa shape index (κ2) is 12.7. The van der Waals surface area contributed by atoms with Gasteiger partial charge in [0.05, 0.1) is 6.42 Å². The first-order valence-electron chi connectivity index (χ1n) is 11.6. The molecule has 1 saturated carbocycles. The zero-order chi connectivity index (χ0) is 27.8. The Morgan fingerprint density at radius 3 is 2.03 bits per heavy atom. The van der Waals surface area contributed by atoms with Gasteiger partial charge >= 0.3 is 7.82 Å². The molecule has 0 bridgehead atoms. The van der Waals surface area contributed by atoms with Crippen molar-refractivity contribution in [3.05, 3.63) is 29.8 Å². The Kier molecular flexibility index (Phi) is 10.2. The van der Waals surface area contributed by atoms with Crippen LogP contribution in [0.15, 0.2) is 24.3 Å². The summed E-state index contributed by atoms with van der Waals surface area (Å²) in [6, 6.07) is 2.46. The predicted molar refractivity (Wildman–Crippen MR) is 129 cm³/mol. The Labute approximate surface area is 213 Å². The second-order valence-corrected chi connectivity index (χ2v) is 10.0. The highest BCUT2D eigenvalue weighted by Crippen LogP contribution is 2.37. The lowest BCUT2D eigenvalue weighted by molar-refractivity contribution is -0.138. The van der Waals surface area contributed by atoms with Crippen LogP contribution in [-0.2, 0) is 28.5 Å². The van der Waals surface area contributed by atoms with E-state index in [2.05, 4.69) is 20.5 Å². The molecule has 37 heavy (non-hydrogen) atoms. The Morgan fingerprint density at radius 1 is 1.00 bits per heavy atom. The van der Waals surface area contributed by atoms with Gasteiger partial charge in [0, 0.05) is 6.92 Å². The third-order valence-electron chi connectivity index (χ3n) is 5.86. The van der Waals surface area contributed by atoms with E-state index in [4.69, 9.17) is 21.3 Å². The normalized spacial score (nSPS) is 16.8. The Balaban J connectivity index is 2.35. The van der Waals surface area contributed by atoms with Crippen LogP contribution in [0, 0.1) is 0 Å². The van der Waals surface area contributed by atoms with Crippen LogP contribution in [0.5, 0.6) is 5.75 Å². The second-order valence-electron chi connectivity index (χ2n) is 8.87. The van der Waals surface area contributed by atoms with Gasteiger partial charge in [-0.3, -0.25) is 33.8 Å². The van der Waals surface area contributed by atoms with Crippen molar-refractivity contribution < 1.29 is 42.8 Å². The van der Waals surface area contributed by atoms with Crippen LogP contribution in [0.25, 0.3) is 0 Å². The largest absolute Gasteiger partial charge is 0.524 e. The fourth-order valence-electron chi connectivity index (χ4n) is 4.13. The van der Waals surface area contributed by atoms with Gasteiger partial charge in [0.25, 0.3) is 0 Å². The topological polar surface area (TPSA) is 240 Å². The van der Waals surface area contributed by atoms with Gasteiger partial charge in [0.1, 0.15) is 23.4 Å². The summed E-state index contributed by atoms with van der Waals surface area (Å²) in [5.41, 5.74) is 9.26. The predicted octanol–water partition coefficient (Wildman–Crippen LogP) is -0.610. The van der Waals surface area contributed by atoms with Gasteiger partial charge in [-0.1, -0.05) is 37.8 Å². The molecule has 1 aromatic carbocycles. The molecular formula is C22H32N5O9P. The number of phosphoric acid groups is 1. The third-order valence-corrected chi connectivity index (χ3v) is 6.30. The minimum atomic E-state index is -4.80. The van der Waals surface area contributed by atoms with E-state index in [-0.39, 0.29) is 24.2 Å². The zero-order valence-electron chi connectivity index (χ0n) is 20.3. The number of carbonyl (C=O) groups excluding carboxylic acids is 5. The van der Waals surface area contributed by atoms with Crippen molar-refractivity contribution in [2.24, 2.45) is 11.5 Å². The highest BCUT2D eigenvalue weighted by molar-refractivity contribution is 7.46. The molecule has 9 N–H and O–H groups in total. The molecule has 5 amide bonds. The number of carbonyl (C=O) groups is 5. The summed E-state index contributed by atoms with van der Waals surface area (Å²) in [5.74, 6) is -3.96. The third kappa shape index (κ3) is 9.16. The summed E-state index contributed by atoms with van der Waals surface area (Å²) < 4.78 is 15.6. The fraction of sp³-hybridized carbons (Fsp3) is 0.500. The molecule has 1 aliphatic carbocycles. The standard InChI is InChI=1S/C22H32N5O9P/c1-13(28)25-18(14-6-8-15(9-7-14)36-37(33,34)35)20(31)27-22(10-4-2-3-5-11-22)21(32)26-16(19(24)30)12-17(23)29/h6-9,16,18H,2-5,10-12H2,1H3,(H2,23,29)(H2,24,30)(H,25,28)(H,26,32)(H,27,31)(H2,33,34,35)/t16-,18-/m0/s1. The smallest absolute Gasteiger partial charge is 0.404 e. The molecule has 0 heterocycles. The van der Waals surface area contributed by atoms with Crippen LogP contribution in [0.2, 0.25) is 0 Å². The van der Waals surface area contributed by atoms with Crippen molar-refractivity contribution in [1.29, 1.82) is 0 Å². The van der Waals surface area contributed by atoms with E-state index in [1.54, 1.807) is 0 Å². The van der Waals surface area contributed by atoms with Gasteiger partial charge in [-0.2, -0.15) is 0 Å². The molecule has 2 rings (SSSR count). The number of hydrogen-bond donors (Lipinski definition) is 7. The summed E-state index contributed by atoms with van der Waals surface area (Å²) in [6.45, 7) is 1.20. The number of benzene rings is 1. The number of primary amides is 2. The van der Waals surface area contributed by atoms with Crippen molar-refractivity contribution in [3.8, 4) is 5.75 Å². The summed E-state index contributed by atoms with van der Waals surface area (Å²) >= 11 is 0. The molecule has 1 aromatic rings. The summed E-state index contributed by atoms with van der Waals surface area (Å²) in [6.07, 6.45) is 2.74. The van der Waals surface area contributed by atoms with E-state index in [0.717, 1.165) is 12.8 Å². The average Bonchev–Trinajstić information content (AvgIpc) is 3.02. The Morgan fingerprint density at radius 2 is 1.57 bits per heavy atom. The van der Waals surface area contributed by atoms with E-state index in [1.165, 1.54) is 31.2 Å². The minimum absolute atomic E-state index is 0.161. The van der Waals surface area contributed by atoms with E-state index in [1.807, 2.05) is 0 Å². The molecule has 0 aromatic heterocycles. The first-order valence-corrected chi connectivity index (χ1v) is 13.1. The van der Waals surface area contributed by atoms with Crippen molar-refractivity contribution in [2.75, 3.05) is 0 Å². The maximum Gasteiger partial charge on any atom is 0.524 e. The van der Waals surface area contributed by atoms with Crippen molar-refractivity contribution in [3.63, 3.8) is 0 Å². The van der Waals surface area contributed by atoms with Gasteiger partial charge in [-0.25, -0.2) is 4.57 Å².